The van der Waals surface area contributed by atoms with E-state index in [1.165, 1.54) is 19.4 Å². The number of amides is 1. The van der Waals surface area contributed by atoms with Crippen molar-refractivity contribution < 1.29 is 4.79 Å². The van der Waals surface area contributed by atoms with Crippen molar-refractivity contribution in [1.29, 1.82) is 0 Å². The van der Waals surface area contributed by atoms with Crippen LogP contribution in [0.5, 0.6) is 0 Å². The fourth-order valence-corrected chi connectivity index (χ4v) is 3.18. The van der Waals surface area contributed by atoms with Gasteiger partial charge in [-0.15, -0.1) is 0 Å². The molecule has 0 aromatic carbocycles. The summed E-state index contributed by atoms with van der Waals surface area (Å²) in [5.41, 5.74) is 6.10. The van der Waals surface area contributed by atoms with E-state index < -0.39 is 0 Å². The molecule has 0 aliphatic carbocycles. The molecule has 3 unspecified atom stereocenters. The zero-order valence-electron chi connectivity index (χ0n) is 11.9. The number of nitrogens with zero attached hydrogens (tertiary/aromatic N) is 2. The molecule has 0 radical (unpaired) electrons. The Labute approximate surface area is 110 Å². The maximum absolute atomic E-state index is 12.5. The molecule has 2 rings (SSSR count). The number of rotatable bonds is 3. The third-order valence-corrected chi connectivity index (χ3v) is 4.76. The average molecular weight is 253 g/mol. The Morgan fingerprint density at radius 1 is 1.44 bits per heavy atom. The quantitative estimate of drug-likeness (QED) is 0.818. The summed E-state index contributed by atoms with van der Waals surface area (Å²) in [5.74, 6) is 0.426. The van der Waals surface area contributed by atoms with E-state index in [1.54, 1.807) is 0 Å². The van der Waals surface area contributed by atoms with Crippen molar-refractivity contribution in [1.82, 2.24) is 9.80 Å². The zero-order valence-corrected chi connectivity index (χ0v) is 11.9. The zero-order chi connectivity index (χ0) is 13.3. The van der Waals surface area contributed by atoms with Gasteiger partial charge in [0.25, 0.3) is 0 Å². The fourth-order valence-electron chi connectivity index (χ4n) is 3.18. The van der Waals surface area contributed by atoms with Crippen molar-refractivity contribution in [3.63, 3.8) is 0 Å². The Kier molecular flexibility index (Phi) is 4.28. The van der Waals surface area contributed by atoms with Gasteiger partial charge in [-0.3, -0.25) is 9.69 Å². The number of hydrogen-bond acceptors (Lipinski definition) is 3. The minimum Gasteiger partial charge on any atom is -0.336 e. The van der Waals surface area contributed by atoms with E-state index in [2.05, 4.69) is 25.7 Å². The summed E-state index contributed by atoms with van der Waals surface area (Å²) >= 11 is 0. The molecule has 0 aromatic heterocycles. The molecule has 2 saturated heterocycles. The molecule has 2 aliphatic rings. The molecule has 104 valence electrons. The molecule has 18 heavy (non-hydrogen) atoms. The molecular formula is C14H27N3O. The van der Waals surface area contributed by atoms with Gasteiger partial charge in [0, 0.05) is 25.2 Å². The second kappa shape index (κ2) is 5.57. The van der Waals surface area contributed by atoms with Gasteiger partial charge in [-0.25, -0.2) is 0 Å². The van der Waals surface area contributed by atoms with Crippen LogP contribution in [-0.4, -0.2) is 53.5 Å². The predicted molar refractivity (Wildman–Crippen MR) is 73.2 cm³/mol. The van der Waals surface area contributed by atoms with E-state index in [9.17, 15) is 4.79 Å². The third-order valence-electron chi connectivity index (χ3n) is 4.76. The maximum atomic E-state index is 12.5. The van der Waals surface area contributed by atoms with E-state index in [-0.39, 0.29) is 17.9 Å². The maximum Gasteiger partial charge on any atom is 0.240 e. The first-order valence-corrected chi connectivity index (χ1v) is 7.34. The summed E-state index contributed by atoms with van der Waals surface area (Å²) in [6.07, 6.45) is 3.47. The van der Waals surface area contributed by atoms with Crippen molar-refractivity contribution in [3.8, 4) is 0 Å². The van der Waals surface area contributed by atoms with Gasteiger partial charge in [0.1, 0.15) is 0 Å². The normalized spacial score (nSPS) is 32.1. The van der Waals surface area contributed by atoms with Crippen LogP contribution < -0.4 is 5.73 Å². The molecule has 0 bridgehead atoms. The van der Waals surface area contributed by atoms with Crippen molar-refractivity contribution in [3.05, 3.63) is 0 Å². The lowest BCUT2D eigenvalue weighted by Gasteiger charge is -2.43. The lowest BCUT2D eigenvalue weighted by molar-refractivity contribution is -0.139. The van der Waals surface area contributed by atoms with Crippen LogP contribution >= 0.6 is 0 Å². The van der Waals surface area contributed by atoms with Crippen LogP contribution in [0, 0.1) is 5.92 Å². The van der Waals surface area contributed by atoms with Gasteiger partial charge in [0.05, 0.1) is 6.04 Å². The Morgan fingerprint density at radius 2 is 2.17 bits per heavy atom. The second-order valence-corrected chi connectivity index (χ2v) is 6.04. The fraction of sp³-hybridized carbons (Fsp3) is 0.929. The van der Waals surface area contributed by atoms with Crippen molar-refractivity contribution in [2.45, 2.75) is 58.2 Å². The summed E-state index contributed by atoms with van der Waals surface area (Å²) in [7, 11) is 0. The number of carbonyl (C=O) groups is 1. The third kappa shape index (κ3) is 2.54. The van der Waals surface area contributed by atoms with Crippen LogP contribution in [0.1, 0.15) is 40.0 Å². The van der Waals surface area contributed by atoms with E-state index in [4.69, 9.17) is 5.73 Å². The Balaban J connectivity index is 2.01. The van der Waals surface area contributed by atoms with Gasteiger partial charge in [0.15, 0.2) is 0 Å². The lowest BCUT2D eigenvalue weighted by atomic mass is 9.97. The van der Waals surface area contributed by atoms with Crippen LogP contribution in [0.4, 0.5) is 0 Å². The summed E-state index contributed by atoms with van der Waals surface area (Å²) in [6, 6.07) is 0.557. The van der Waals surface area contributed by atoms with Crippen LogP contribution in [-0.2, 0) is 4.79 Å². The van der Waals surface area contributed by atoms with Gasteiger partial charge in [-0.2, -0.15) is 0 Å². The summed E-state index contributed by atoms with van der Waals surface area (Å²) in [6.45, 7) is 9.41. The minimum absolute atomic E-state index is 0.156. The van der Waals surface area contributed by atoms with E-state index in [0.717, 1.165) is 19.5 Å². The molecule has 0 saturated carbocycles. The molecule has 0 aromatic rings. The van der Waals surface area contributed by atoms with E-state index in [1.807, 2.05) is 4.90 Å². The molecule has 2 aliphatic heterocycles. The largest absolute Gasteiger partial charge is 0.336 e. The first-order valence-electron chi connectivity index (χ1n) is 7.34. The number of fused-ring (bicyclic) bond motifs is 1. The molecule has 4 atom stereocenters. The second-order valence-electron chi connectivity index (χ2n) is 6.04. The molecule has 0 spiro atoms. The average Bonchev–Trinajstić information content (AvgIpc) is 2.82. The smallest absolute Gasteiger partial charge is 0.240 e. The van der Waals surface area contributed by atoms with Gasteiger partial charge >= 0.3 is 0 Å². The number of piperazine rings is 1. The minimum atomic E-state index is -0.328. The number of carbonyl (C=O) groups excluding carboxylic acids is 1. The highest BCUT2D eigenvalue weighted by Crippen LogP contribution is 2.25. The van der Waals surface area contributed by atoms with Crippen LogP contribution in [0.2, 0.25) is 0 Å². The van der Waals surface area contributed by atoms with E-state index in [0.29, 0.717) is 12.1 Å². The van der Waals surface area contributed by atoms with Crippen LogP contribution in [0.3, 0.4) is 0 Å². The van der Waals surface area contributed by atoms with Crippen LogP contribution in [0.15, 0.2) is 0 Å². The highest BCUT2D eigenvalue weighted by molar-refractivity contribution is 5.82. The van der Waals surface area contributed by atoms with Gasteiger partial charge in [-0.05, 0) is 32.2 Å². The predicted octanol–water partition coefficient (Wildman–Crippen LogP) is 1.05. The lowest BCUT2D eigenvalue weighted by Crippen LogP contribution is -2.60. The standard InChI is InChI=1S/C14H27N3O/c1-4-10(2)13(15)14(18)17-9-12-6-5-7-16(12)8-11(17)3/h10-13H,4-9,15H2,1-3H3/t10?,11?,12?,13-/m0/s1. The molecule has 1 amide bonds. The Morgan fingerprint density at radius 3 is 2.83 bits per heavy atom. The van der Waals surface area contributed by atoms with Crippen molar-refractivity contribution >= 4 is 5.91 Å². The van der Waals surface area contributed by atoms with Gasteiger partial charge in [0.2, 0.25) is 5.91 Å². The Hall–Kier alpha value is -0.610. The number of hydrogen-bond donors (Lipinski definition) is 1. The summed E-state index contributed by atoms with van der Waals surface area (Å²) in [4.78, 5) is 17.0. The van der Waals surface area contributed by atoms with Crippen LogP contribution in [0.25, 0.3) is 0 Å². The van der Waals surface area contributed by atoms with Crippen molar-refractivity contribution in [2.75, 3.05) is 19.6 Å². The molecule has 2 fully saturated rings. The monoisotopic (exact) mass is 253 g/mol. The first-order chi connectivity index (χ1) is 8.54. The summed E-state index contributed by atoms with van der Waals surface area (Å²) in [5, 5.41) is 0. The molecule has 4 nitrogen and oxygen atoms in total. The summed E-state index contributed by atoms with van der Waals surface area (Å²) < 4.78 is 0. The number of nitrogens with two attached hydrogens (primary N) is 1. The molecule has 2 N–H and O–H groups in total. The SMILES string of the molecule is CCC(C)[C@H](N)C(=O)N1CC2CCCN2CC1C. The molecule has 2 heterocycles. The van der Waals surface area contributed by atoms with Gasteiger partial charge < -0.3 is 10.6 Å². The first kappa shape index (κ1) is 13.8. The van der Waals surface area contributed by atoms with E-state index >= 15 is 0 Å². The Bertz CT molecular complexity index is 307. The highest BCUT2D eigenvalue weighted by atomic mass is 16.2. The highest BCUT2D eigenvalue weighted by Gasteiger charge is 2.38. The molecule has 4 heteroatoms. The van der Waals surface area contributed by atoms with Gasteiger partial charge in [-0.1, -0.05) is 20.3 Å². The molecular weight excluding hydrogens is 226 g/mol. The van der Waals surface area contributed by atoms with Crippen molar-refractivity contribution in [2.24, 2.45) is 11.7 Å². The topological polar surface area (TPSA) is 49.6 Å².